The first-order valence-electron chi connectivity index (χ1n) is 10.4. The number of fused-ring (bicyclic) bond motifs is 1. The Morgan fingerprint density at radius 2 is 2.00 bits per heavy atom. The quantitative estimate of drug-likeness (QED) is 0.816. The van der Waals surface area contributed by atoms with Crippen LogP contribution in [0.15, 0.2) is 24.4 Å². The first-order chi connectivity index (χ1) is 14.1. The molecule has 0 amide bonds. The van der Waals surface area contributed by atoms with Gasteiger partial charge in [0.25, 0.3) is 0 Å². The van der Waals surface area contributed by atoms with Gasteiger partial charge in [-0.05, 0) is 49.4 Å². The standard InChI is InChI=1S/C21H26F2N4OS/c22-14-5-6-18(23)17(7-14)21-19(24)8-15(12-28-21)26-10-13-9-25-27(20(13)11-26)29-16-3-1-2-4-16/h5-7,9,15-16,19,21H,1-4,8,10-12,24H2/t15?,19-,21?/m0/s1. The SMILES string of the molecule is N[C@H]1CC(N2Cc3cnn(SC4CCCC4)c3C2)COC1c1cc(F)ccc1F. The maximum atomic E-state index is 14.1. The third-order valence-electron chi connectivity index (χ3n) is 6.38. The van der Waals surface area contributed by atoms with Crippen LogP contribution in [0.25, 0.3) is 0 Å². The molecule has 2 N–H and O–H groups in total. The van der Waals surface area contributed by atoms with Gasteiger partial charge in [0.2, 0.25) is 0 Å². The van der Waals surface area contributed by atoms with Crippen LogP contribution in [0.3, 0.4) is 0 Å². The molecule has 156 valence electrons. The van der Waals surface area contributed by atoms with Gasteiger partial charge in [0, 0.05) is 41.6 Å². The average molecular weight is 421 g/mol. The van der Waals surface area contributed by atoms with Gasteiger partial charge < -0.3 is 10.5 Å². The van der Waals surface area contributed by atoms with Crippen LogP contribution in [-0.2, 0) is 17.8 Å². The van der Waals surface area contributed by atoms with Gasteiger partial charge >= 0.3 is 0 Å². The third-order valence-corrected chi connectivity index (χ3v) is 7.66. The molecule has 1 aromatic heterocycles. The van der Waals surface area contributed by atoms with E-state index in [0.29, 0.717) is 18.3 Å². The number of halogens is 2. The topological polar surface area (TPSA) is 56.3 Å². The Balaban J connectivity index is 1.24. The van der Waals surface area contributed by atoms with Crippen molar-refractivity contribution < 1.29 is 13.5 Å². The van der Waals surface area contributed by atoms with E-state index >= 15 is 0 Å². The second-order valence-electron chi connectivity index (χ2n) is 8.38. The molecular weight excluding hydrogens is 394 g/mol. The van der Waals surface area contributed by atoms with Crippen molar-refractivity contribution in [2.75, 3.05) is 6.61 Å². The van der Waals surface area contributed by atoms with Crippen LogP contribution in [0.5, 0.6) is 0 Å². The molecule has 3 atom stereocenters. The molecule has 2 aromatic rings. The van der Waals surface area contributed by atoms with E-state index < -0.39 is 17.7 Å². The summed E-state index contributed by atoms with van der Waals surface area (Å²) >= 11 is 1.86. The minimum atomic E-state index is -0.611. The summed E-state index contributed by atoms with van der Waals surface area (Å²) in [5.74, 6) is -0.943. The normalized spacial score (nSPS) is 28.2. The van der Waals surface area contributed by atoms with Crippen molar-refractivity contribution >= 4 is 11.9 Å². The van der Waals surface area contributed by atoms with E-state index in [0.717, 1.165) is 25.2 Å². The summed E-state index contributed by atoms with van der Waals surface area (Å²) in [5, 5.41) is 5.25. The summed E-state index contributed by atoms with van der Waals surface area (Å²) in [7, 11) is 0. The van der Waals surface area contributed by atoms with Gasteiger partial charge in [0.05, 0.1) is 18.5 Å². The number of aromatic nitrogens is 2. The maximum absolute atomic E-state index is 14.1. The number of hydrogen-bond donors (Lipinski definition) is 1. The van der Waals surface area contributed by atoms with E-state index in [1.54, 1.807) is 0 Å². The Morgan fingerprint density at radius 3 is 2.79 bits per heavy atom. The predicted octanol–water partition coefficient (Wildman–Crippen LogP) is 3.77. The van der Waals surface area contributed by atoms with Crippen LogP contribution >= 0.6 is 11.9 Å². The molecule has 2 aliphatic heterocycles. The lowest BCUT2D eigenvalue weighted by Gasteiger charge is -2.38. The Morgan fingerprint density at radius 1 is 1.17 bits per heavy atom. The number of rotatable bonds is 4. The van der Waals surface area contributed by atoms with Gasteiger partial charge in [-0.25, -0.2) is 12.9 Å². The molecule has 3 heterocycles. The number of nitrogens with zero attached hydrogens (tertiary/aromatic N) is 3. The van der Waals surface area contributed by atoms with Crippen LogP contribution in [0.4, 0.5) is 8.78 Å². The van der Waals surface area contributed by atoms with Crippen molar-refractivity contribution in [1.82, 2.24) is 14.1 Å². The lowest BCUT2D eigenvalue weighted by atomic mass is 9.93. The summed E-state index contributed by atoms with van der Waals surface area (Å²) < 4.78 is 35.8. The van der Waals surface area contributed by atoms with Gasteiger partial charge in [-0.1, -0.05) is 12.8 Å². The van der Waals surface area contributed by atoms with Crippen molar-refractivity contribution in [2.45, 2.75) is 68.6 Å². The van der Waals surface area contributed by atoms with Crippen LogP contribution in [0.1, 0.15) is 55.0 Å². The van der Waals surface area contributed by atoms with E-state index in [2.05, 4.69) is 14.1 Å². The number of benzene rings is 1. The molecule has 0 spiro atoms. The molecule has 1 aromatic carbocycles. The molecule has 8 heteroatoms. The average Bonchev–Trinajstić information content (AvgIpc) is 3.43. The Bertz CT molecular complexity index is 886. The van der Waals surface area contributed by atoms with Gasteiger partial charge in [0.15, 0.2) is 0 Å². The number of nitrogens with two attached hydrogens (primary N) is 1. The van der Waals surface area contributed by atoms with E-state index in [1.165, 1.54) is 43.0 Å². The largest absolute Gasteiger partial charge is 0.370 e. The molecule has 5 nitrogen and oxygen atoms in total. The first kappa shape index (κ1) is 19.5. The molecule has 1 saturated carbocycles. The Labute approximate surface area is 173 Å². The first-order valence-corrected chi connectivity index (χ1v) is 11.2. The lowest BCUT2D eigenvalue weighted by Crippen LogP contribution is -2.47. The summed E-state index contributed by atoms with van der Waals surface area (Å²) in [5.41, 5.74) is 9.10. The zero-order chi connectivity index (χ0) is 20.0. The molecule has 2 fully saturated rings. The zero-order valence-electron chi connectivity index (χ0n) is 16.3. The third kappa shape index (κ3) is 3.83. The highest BCUT2D eigenvalue weighted by atomic mass is 32.2. The van der Waals surface area contributed by atoms with Gasteiger partial charge in [0.1, 0.15) is 17.7 Å². The van der Waals surface area contributed by atoms with E-state index in [9.17, 15) is 8.78 Å². The minimum Gasteiger partial charge on any atom is -0.370 e. The summed E-state index contributed by atoms with van der Waals surface area (Å²) in [6.07, 6.45) is 7.23. The Hall–Kier alpha value is -1.48. The fourth-order valence-electron chi connectivity index (χ4n) is 4.79. The molecule has 0 bridgehead atoms. The van der Waals surface area contributed by atoms with Crippen LogP contribution in [0.2, 0.25) is 0 Å². The molecule has 1 saturated heterocycles. The summed E-state index contributed by atoms with van der Waals surface area (Å²) in [4.78, 5) is 2.37. The van der Waals surface area contributed by atoms with Crippen molar-refractivity contribution in [3.05, 3.63) is 52.9 Å². The Kier molecular flexibility index (Phi) is 5.36. The molecular formula is C21H26F2N4OS. The van der Waals surface area contributed by atoms with Crippen molar-refractivity contribution in [3.8, 4) is 0 Å². The fraction of sp³-hybridized carbons (Fsp3) is 0.571. The zero-order valence-corrected chi connectivity index (χ0v) is 17.1. The van der Waals surface area contributed by atoms with Crippen molar-refractivity contribution in [2.24, 2.45) is 5.73 Å². The molecule has 1 aliphatic carbocycles. The summed E-state index contributed by atoms with van der Waals surface area (Å²) in [6.45, 7) is 2.12. The second kappa shape index (κ2) is 7.98. The fourth-order valence-corrected chi connectivity index (χ4v) is 6.02. The molecule has 0 radical (unpaired) electrons. The van der Waals surface area contributed by atoms with Crippen LogP contribution < -0.4 is 5.73 Å². The maximum Gasteiger partial charge on any atom is 0.129 e. The van der Waals surface area contributed by atoms with E-state index in [-0.39, 0.29) is 17.6 Å². The molecule has 29 heavy (non-hydrogen) atoms. The van der Waals surface area contributed by atoms with E-state index in [4.69, 9.17) is 10.5 Å². The second-order valence-corrected chi connectivity index (χ2v) is 9.60. The molecule has 5 rings (SSSR count). The van der Waals surface area contributed by atoms with Gasteiger partial charge in [-0.15, -0.1) is 0 Å². The molecule has 2 unspecified atom stereocenters. The number of ether oxygens (including phenoxy) is 1. The van der Waals surface area contributed by atoms with Gasteiger partial charge in [-0.3, -0.25) is 4.90 Å². The minimum absolute atomic E-state index is 0.162. The predicted molar refractivity (Wildman–Crippen MR) is 108 cm³/mol. The smallest absolute Gasteiger partial charge is 0.129 e. The van der Waals surface area contributed by atoms with Crippen LogP contribution in [0, 0.1) is 11.6 Å². The number of hydrogen-bond acceptors (Lipinski definition) is 5. The highest BCUT2D eigenvalue weighted by Crippen LogP contribution is 2.36. The van der Waals surface area contributed by atoms with E-state index in [1.807, 2.05) is 18.1 Å². The van der Waals surface area contributed by atoms with Crippen molar-refractivity contribution in [3.63, 3.8) is 0 Å². The highest BCUT2D eigenvalue weighted by Gasteiger charge is 2.37. The van der Waals surface area contributed by atoms with Crippen LogP contribution in [-0.4, -0.2) is 38.0 Å². The summed E-state index contributed by atoms with van der Waals surface area (Å²) in [6, 6.07) is 3.23. The highest BCUT2D eigenvalue weighted by molar-refractivity contribution is 7.98. The van der Waals surface area contributed by atoms with Gasteiger partial charge in [-0.2, -0.15) is 5.10 Å². The monoisotopic (exact) mass is 420 g/mol. The van der Waals surface area contributed by atoms with Crippen molar-refractivity contribution in [1.29, 1.82) is 0 Å². The molecule has 3 aliphatic rings. The lowest BCUT2D eigenvalue weighted by molar-refractivity contribution is -0.0533.